The van der Waals surface area contributed by atoms with E-state index in [1.165, 1.54) is 12.1 Å². The molecule has 1 aromatic carbocycles. The Bertz CT molecular complexity index is 448. The van der Waals surface area contributed by atoms with Crippen LogP contribution in [0.15, 0.2) is 22.6 Å². The molecule has 0 radical (unpaired) electrons. The molecule has 0 fully saturated rings. The first-order chi connectivity index (χ1) is 8.76. The molecule has 1 heterocycles. The fourth-order valence-electron chi connectivity index (χ4n) is 1.99. The van der Waals surface area contributed by atoms with Crippen LogP contribution in [0.3, 0.4) is 0 Å². The summed E-state index contributed by atoms with van der Waals surface area (Å²) in [5.41, 5.74) is 7.80. The fourth-order valence-corrected chi connectivity index (χ4v) is 2.50. The van der Waals surface area contributed by atoms with Crippen molar-refractivity contribution in [3.63, 3.8) is 0 Å². The minimum absolute atomic E-state index is 0.240. The van der Waals surface area contributed by atoms with E-state index in [0.29, 0.717) is 5.84 Å². The van der Waals surface area contributed by atoms with Gasteiger partial charge in [0.25, 0.3) is 0 Å². The normalized spacial score (nSPS) is 15.3. The van der Waals surface area contributed by atoms with Crippen molar-refractivity contribution in [2.24, 2.45) is 10.1 Å². The Labute approximate surface area is 112 Å². The second kappa shape index (κ2) is 6.00. The van der Waals surface area contributed by atoms with E-state index < -0.39 is 0 Å². The van der Waals surface area contributed by atoms with Crippen molar-refractivity contribution in [2.45, 2.75) is 39.2 Å². The van der Waals surface area contributed by atoms with E-state index in [2.05, 4.69) is 23.0 Å². The van der Waals surface area contributed by atoms with Crippen LogP contribution in [0.2, 0.25) is 0 Å². The summed E-state index contributed by atoms with van der Waals surface area (Å²) in [5.74, 6) is 1.34. The van der Waals surface area contributed by atoms with Gasteiger partial charge in [0.1, 0.15) is 11.6 Å². The maximum Gasteiger partial charge on any atom is 0.146 e. The van der Waals surface area contributed by atoms with E-state index in [-0.39, 0.29) is 6.10 Å². The number of ether oxygens (including phenoxy) is 1. The first kappa shape index (κ1) is 13.1. The lowest BCUT2D eigenvalue weighted by molar-refractivity contribution is 0.185. The van der Waals surface area contributed by atoms with E-state index in [0.717, 1.165) is 36.3 Å². The Morgan fingerprint density at radius 2 is 2.28 bits per heavy atom. The molecule has 0 amide bonds. The number of rotatable bonds is 5. The summed E-state index contributed by atoms with van der Waals surface area (Å²) in [6, 6.07) is 5.91. The van der Waals surface area contributed by atoms with E-state index in [4.69, 9.17) is 10.5 Å². The van der Waals surface area contributed by atoms with Gasteiger partial charge in [0.05, 0.1) is 29.5 Å². The molecule has 0 aliphatic carbocycles. The number of benzene rings is 1. The van der Waals surface area contributed by atoms with E-state index >= 15 is 0 Å². The lowest BCUT2D eigenvalue weighted by atomic mass is 10.1. The van der Waals surface area contributed by atoms with Gasteiger partial charge in [0, 0.05) is 0 Å². The topological polar surface area (TPSA) is 59.6 Å². The molecule has 0 aromatic heterocycles. The maximum absolute atomic E-state index is 6.06. The van der Waals surface area contributed by atoms with Gasteiger partial charge in [0.2, 0.25) is 0 Å². The third-order valence-corrected chi connectivity index (χ3v) is 3.54. The average Bonchev–Trinajstić information content (AvgIpc) is 2.38. The molecule has 5 heteroatoms. The zero-order valence-electron chi connectivity index (χ0n) is 10.8. The largest absolute Gasteiger partial charge is 0.490 e. The molecule has 1 unspecified atom stereocenters. The van der Waals surface area contributed by atoms with E-state index in [9.17, 15) is 0 Å². The fraction of sp³-hybridized carbons (Fsp3) is 0.462. The molecule has 1 atom stereocenters. The van der Waals surface area contributed by atoms with Gasteiger partial charge >= 0.3 is 0 Å². The zero-order chi connectivity index (χ0) is 13.0. The Morgan fingerprint density at radius 3 is 3.00 bits per heavy atom. The Hall–Kier alpha value is -1.36. The van der Waals surface area contributed by atoms with Crippen molar-refractivity contribution in [3.05, 3.63) is 23.8 Å². The van der Waals surface area contributed by atoms with Crippen LogP contribution in [0.25, 0.3) is 0 Å². The molecule has 1 aliphatic heterocycles. The molecule has 0 saturated carbocycles. The third-order valence-electron chi connectivity index (χ3n) is 2.94. The zero-order valence-corrected chi connectivity index (χ0v) is 11.6. The molecule has 1 aromatic rings. The SMILES string of the molecule is CCCC(CC)Oc1cccc2c1C(N)=NSN2. The maximum atomic E-state index is 6.06. The summed E-state index contributed by atoms with van der Waals surface area (Å²) in [6.07, 6.45) is 3.41. The summed E-state index contributed by atoms with van der Waals surface area (Å²) in [5, 5.41) is 0. The molecule has 18 heavy (non-hydrogen) atoms. The van der Waals surface area contributed by atoms with Crippen LogP contribution in [0.4, 0.5) is 5.69 Å². The van der Waals surface area contributed by atoms with Gasteiger partial charge in [-0.25, -0.2) is 0 Å². The minimum atomic E-state index is 0.240. The van der Waals surface area contributed by atoms with E-state index in [1.54, 1.807) is 0 Å². The Morgan fingerprint density at radius 1 is 1.44 bits per heavy atom. The van der Waals surface area contributed by atoms with Crippen LogP contribution in [-0.4, -0.2) is 11.9 Å². The predicted octanol–water partition coefficient (Wildman–Crippen LogP) is 3.34. The Balaban J connectivity index is 2.26. The number of nitrogens with two attached hydrogens (primary N) is 1. The quantitative estimate of drug-likeness (QED) is 0.802. The van der Waals surface area contributed by atoms with Gasteiger partial charge in [-0.1, -0.05) is 26.3 Å². The first-order valence-electron chi connectivity index (χ1n) is 6.31. The molecule has 4 nitrogen and oxygen atoms in total. The van der Waals surface area contributed by atoms with Crippen molar-refractivity contribution >= 4 is 23.7 Å². The molecule has 0 saturated heterocycles. The summed E-state index contributed by atoms with van der Waals surface area (Å²) >= 11 is 1.25. The summed E-state index contributed by atoms with van der Waals surface area (Å²) in [4.78, 5) is 0. The minimum Gasteiger partial charge on any atom is -0.490 e. The molecule has 1 aliphatic rings. The monoisotopic (exact) mass is 265 g/mol. The average molecular weight is 265 g/mol. The highest BCUT2D eigenvalue weighted by Crippen LogP contribution is 2.33. The lowest BCUT2D eigenvalue weighted by Crippen LogP contribution is -2.22. The highest BCUT2D eigenvalue weighted by molar-refractivity contribution is 7.99. The van der Waals surface area contributed by atoms with Crippen LogP contribution in [-0.2, 0) is 0 Å². The molecule has 0 spiro atoms. The van der Waals surface area contributed by atoms with Crippen LogP contribution in [0.5, 0.6) is 5.75 Å². The number of hydrogen-bond donors (Lipinski definition) is 2. The van der Waals surface area contributed by atoms with Gasteiger partial charge in [-0.2, -0.15) is 4.40 Å². The van der Waals surface area contributed by atoms with Crippen molar-refractivity contribution < 1.29 is 4.74 Å². The Kier molecular flexibility index (Phi) is 4.36. The second-order valence-corrected chi connectivity index (χ2v) is 4.85. The van der Waals surface area contributed by atoms with Crippen LogP contribution >= 0.6 is 12.1 Å². The summed E-state index contributed by atoms with van der Waals surface area (Å²) in [7, 11) is 0. The van der Waals surface area contributed by atoms with Gasteiger partial charge in [-0.3, -0.25) is 0 Å². The van der Waals surface area contributed by atoms with Crippen LogP contribution < -0.4 is 15.2 Å². The summed E-state index contributed by atoms with van der Waals surface area (Å²) < 4.78 is 13.3. The van der Waals surface area contributed by atoms with Gasteiger partial charge in [-0.15, -0.1) is 0 Å². The molecular weight excluding hydrogens is 246 g/mol. The van der Waals surface area contributed by atoms with Gasteiger partial charge in [-0.05, 0) is 25.0 Å². The molecule has 0 bridgehead atoms. The van der Waals surface area contributed by atoms with Gasteiger partial charge in [0.15, 0.2) is 0 Å². The van der Waals surface area contributed by atoms with Crippen LogP contribution in [0.1, 0.15) is 38.7 Å². The third kappa shape index (κ3) is 2.72. The molecule has 3 N–H and O–H groups in total. The molecular formula is C13H19N3OS. The van der Waals surface area contributed by atoms with Crippen molar-refractivity contribution in [2.75, 3.05) is 4.72 Å². The highest BCUT2D eigenvalue weighted by atomic mass is 32.2. The number of amidine groups is 1. The smallest absolute Gasteiger partial charge is 0.146 e. The van der Waals surface area contributed by atoms with Crippen LogP contribution in [0, 0.1) is 0 Å². The number of nitrogens with one attached hydrogen (secondary N) is 1. The number of fused-ring (bicyclic) bond motifs is 1. The molecule has 98 valence electrons. The number of hydrogen-bond acceptors (Lipinski definition) is 5. The highest BCUT2D eigenvalue weighted by Gasteiger charge is 2.19. The number of anilines is 1. The molecule has 2 rings (SSSR count). The lowest BCUT2D eigenvalue weighted by Gasteiger charge is -2.22. The van der Waals surface area contributed by atoms with E-state index in [1.807, 2.05) is 18.2 Å². The van der Waals surface area contributed by atoms with Crippen molar-refractivity contribution in [1.82, 2.24) is 0 Å². The predicted molar refractivity (Wildman–Crippen MR) is 78.0 cm³/mol. The van der Waals surface area contributed by atoms with Crippen molar-refractivity contribution in [3.8, 4) is 5.75 Å². The number of nitrogens with zero attached hydrogens (tertiary/aromatic N) is 1. The van der Waals surface area contributed by atoms with Crippen molar-refractivity contribution in [1.29, 1.82) is 0 Å². The first-order valence-corrected chi connectivity index (χ1v) is 7.09. The second-order valence-electron chi connectivity index (χ2n) is 4.29. The standard InChI is InChI=1S/C13H19N3OS/c1-3-6-9(4-2)17-11-8-5-7-10-12(11)13(14)16-18-15-10/h5,7-9,15H,3-4,6H2,1-2H3,(H2,14,16). The van der Waals surface area contributed by atoms with Gasteiger partial charge < -0.3 is 15.2 Å². The summed E-state index contributed by atoms with van der Waals surface area (Å²) in [6.45, 7) is 4.31.